The SMILES string of the molecule is COC(=O)CCSc1c(Cl)cccc1CN. The first-order valence-electron chi connectivity index (χ1n) is 4.86. The fraction of sp³-hybridized carbons (Fsp3) is 0.364. The summed E-state index contributed by atoms with van der Waals surface area (Å²) in [6.07, 6.45) is 0.371. The Balaban J connectivity index is 2.62. The minimum absolute atomic E-state index is 0.214. The van der Waals surface area contributed by atoms with E-state index in [4.69, 9.17) is 17.3 Å². The fourth-order valence-corrected chi connectivity index (χ4v) is 2.59. The first-order valence-corrected chi connectivity index (χ1v) is 6.22. The van der Waals surface area contributed by atoms with Crippen LogP contribution in [0.15, 0.2) is 23.1 Å². The molecule has 0 atom stereocenters. The normalized spacial score (nSPS) is 10.2. The number of carbonyl (C=O) groups is 1. The molecule has 2 N–H and O–H groups in total. The highest BCUT2D eigenvalue weighted by Gasteiger charge is 2.08. The van der Waals surface area contributed by atoms with Gasteiger partial charge in [-0.2, -0.15) is 0 Å². The molecule has 1 rings (SSSR count). The van der Waals surface area contributed by atoms with E-state index in [0.29, 0.717) is 23.7 Å². The lowest BCUT2D eigenvalue weighted by atomic mass is 10.2. The summed E-state index contributed by atoms with van der Waals surface area (Å²) in [5.74, 6) is 0.428. The maximum Gasteiger partial charge on any atom is 0.306 e. The number of ether oxygens (including phenoxy) is 1. The molecule has 1 aromatic carbocycles. The third kappa shape index (κ3) is 3.70. The topological polar surface area (TPSA) is 52.3 Å². The van der Waals surface area contributed by atoms with Crippen LogP contribution in [0.3, 0.4) is 0 Å². The summed E-state index contributed by atoms with van der Waals surface area (Å²) in [5.41, 5.74) is 6.62. The van der Waals surface area contributed by atoms with E-state index in [1.807, 2.05) is 18.2 Å². The molecule has 0 saturated heterocycles. The number of benzene rings is 1. The van der Waals surface area contributed by atoms with Crippen molar-refractivity contribution in [2.24, 2.45) is 5.73 Å². The molecule has 0 saturated carbocycles. The summed E-state index contributed by atoms with van der Waals surface area (Å²) in [4.78, 5) is 11.9. The van der Waals surface area contributed by atoms with E-state index >= 15 is 0 Å². The molecule has 0 aliphatic rings. The Morgan fingerprint density at radius 3 is 2.94 bits per heavy atom. The highest BCUT2D eigenvalue weighted by molar-refractivity contribution is 7.99. The molecular formula is C11H14ClNO2S. The van der Waals surface area contributed by atoms with Crippen molar-refractivity contribution in [3.63, 3.8) is 0 Å². The van der Waals surface area contributed by atoms with E-state index in [9.17, 15) is 4.79 Å². The van der Waals surface area contributed by atoms with Crippen LogP contribution >= 0.6 is 23.4 Å². The second-order valence-corrected chi connectivity index (χ2v) is 4.62. The van der Waals surface area contributed by atoms with Crippen LogP contribution in [0.5, 0.6) is 0 Å². The number of rotatable bonds is 5. The smallest absolute Gasteiger partial charge is 0.306 e. The summed E-state index contributed by atoms with van der Waals surface area (Å²) in [6.45, 7) is 0.446. The Hall–Kier alpha value is -0.710. The van der Waals surface area contributed by atoms with Gasteiger partial charge in [0.15, 0.2) is 0 Å². The zero-order valence-corrected chi connectivity index (χ0v) is 10.6. The highest BCUT2D eigenvalue weighted by Crippen LogP contribution is 2.30. The van der Waals surface area contributed by atoms with Crippen LogP contribution in [0.1, 0.15) is 12.0 Å². The summed E-state index contributed by atoms with van der Waals surface area (Å²) in [7, 11) is 1.38. The summed E-state index contributed by atoms with van der Waals surface area (Å²) in [5, 5.41) is 0.679. The van der Waals surface area contributed by atoms with E-state index < -0.39 is 0 Å². The van der Waals surface area contributed by atoms with Crippen molar-refractivity contribution in [2.45, 2.75) is 17.9 Å². The Labute approximate surface area is 104 Å². The van der Waals surface area contributed by atoms with Crippen molar-refractivity contribution in [1.29, 1.82) is 0 Å². The van der Waals surface area contributed by atoms with Crippen molar-refractivity contribution in [3.8, 4) is 0 Å². The fourth-order valence-electron chi connectivity index (χ4n) is 1.21. The molecular weight excluding hydrogens is 246 g/mol. The molecule has 1 aromatic rings. The Morgan fingerprint density at radius 2 is 2.31 bits per heavy atom. The van der Waals surface area contributed by atoms with Gasteiger partial charge in [0.25, 0.3) is 0 Å². The second-order valence-electron chi connectivity index (χ2n) is 3.11. The molecule has 0 aromatic heterocycles. The van der Waals surface area contributed by atoms with Crippen molar-refractivity contribution in [3.05, 3.63) is 28.8 Å². The molecule has 0 heterocycles. The molecule has 0 unspecified atom stereocenters. The number of methoxy groups -OCH3 is 1. The molecule has 3 nitrogen and oxygen atoms in total. The Morgan fingerprint density at radius 1 is 1.56 bits per heavy atom. The van der Waals surface area contributed by atoms with E-state index in [1.165, 1.54) is 18.9 Å². The summed E-state index contributed by atoms with van der Waals surface area (Å²) in [6, 6.07) is 5.63. The molecule has 0 radical (unpaired) electrons. The maximum absolute atomic E-state index is 10.9. The number of hydrogen-bond acceptors (Lipinski definition) is 4. The number of thioether (sulfide) groups is 1. The lowest BCUT2D eigenvalue weighted by molar-refractivity contribution is -0.140. The zero-order chi connectivity index (χ0) is 12.0. The lowest BCUT2D eigenvalue weighted by Gasteiger charge is -2.08. The van der Waals surface area contributed by atoms with Crippen LogP contribution in [0.2, 0.25) is 5.02 Å². The number of nitrogens with two attached hydrogens (primary N) is 1. The van der Waals surface area contributed by atoms with Gasteiger partial charge in [-0.25, -0.2) is 0 Å². The van der Waals surface area contributed by atoms with Gasteiger partial charge in [-0.1, -0.05) is 23.7 Å². The van der Waals surface area contributed by atoms with Crippen LogP contribution in [0, 0.1) is 0 Å². The third-order valence-corrected chi connectivity index (χ3v) is 3.65. The largest absolute Gasteiger partial charge is 0.469 e. The minimum Gasteiger partial charge on any atom is -0.469 e. The molecule has 5 heteroatoms. The first-order chi connectivity index (χ1) is 7.69. The Kier molecular flexibility index (Phi) is 5.66. The predicted molar refractivity (Wildman–Crippen MR) is 66.7 cm³/mol. The van der Waals surface area contributed by atoms with Crippen molar-refractivity contribution < 1.29 is 9.53 Å². The van der Waals surface area contributed by atoms with Gasteiger partial charge in [-0.15, -0.1) is 11.8 Å². The Bertz CT molecular complexity index is 371. The second kappa shape index (κ2) is 6.78. The molecule has 0 aliphatic heterocycles. The molecule has 0 fully saturated rings. The van der Waals surface area contributed by atoms with Crippen molar-refractivity contribution >= 4 is 29.3 Å². The van der Waals surface area contributed by atoms with E-state index in [2.05, 4.69) is 4.74 Å². The number of esters is 1. The highest BCUT2D eigenvalue weighted by atomic mass is 35.5. The van der Waals surface area contributed by atoms with Gasteiger partial charge in [0.1, 0.15) is 0 Å². The average Bonchev–Trinajstić information content (AvgIpc) is 2.30. The standard InChI is InChI=1S/C11H14ClNO2S/c1-15-10(14)5-6-16-11-8(7-13)3-2-4-9(11)12/h2-4H,5-7,13H2,1H3. The van der Waals surface area contributed by atoms with E-state index in [1.54, 1.807) is 0 Å². The zero-order valence-electron chi connectivity index (χ0n) is 9.03. The molecule has 0 amide bonds. The van der Waals surface area contributed by atoms with Gasteiger partial charge in [-0.3, -0.25) is 4.79 Å². The summed E-state index contributed by atoms with van der Waals surface area (Å²) < 4.78 is 4.57. The number of hydrogen-bond donors (Lipinski definition) is 1. The predicted octanol–water partition coefficient (Wildman–Crippen LogP) is 2.45. The van der Waals surface area contributed by atoms with Gasteiger partial charge >= 0.3 is 5.97 Å². The van der Waals surface area contributed by atoms with Crippen LogP contribution in [-0.4, -0.2) is 18.8 Å². The van der Waals surface area contributed by atoms with E-state index in [0.717, 1.165) is 10.5 Å². The average molecular weight is 260 g/mol. The quantitative estimate of drug-likeness (QED) is 0.652. The third-order valence-electron chi connectivity index (χ3n) is 2.05. The van der Waals surface area contributed by atoms with Gasteiger partial charge in [0.05, 0.1) is 18.6 Å². The molecule has 0 spiro atoms. The van der Waals surface area contributed by atoms with Gasteiger partial charge < -0.3 is 10.5 Å². The van der Waals surface area contributed by atoms with Crippen molar-refractivity contribution in [2.75, 3.05) is 12.9 Å². The molecule has 0 bridgehead atoms. The molecule has 16 heavy (non-hydrogen) atoms. The van der Waals surface area contributed by atoms with Crippen LogP contribution in [-0.2, 0) is 16.1 Å². The lowest BCUT2D eigenvalue weighted by Crippen LogP contribution is -2.02. The van der Waals surface area contributed by atoms with E-state index in [-0.39, 0.29) is 5.97 Å². The summed E-state index contributed by atoms with van der Waals surface area (Å²) >= 11 is 7.59. The van der Waals surface area contributed by atoms with Crippen molar-refractivity contribution in [1.82, 2.24) is 0 Å². The minimum atomic E-state index is -0.214. The van der Waals surface area contributed by atoms with Gasteiger partial charge in [-0.05, 0) is 11.6 Å². The first kappa shape index (κ1) is 13.4. The van der Waals surface area contributed by atoms with Crippen LogP contribution in [0.25, 0.3) is 0 Å². The molecule has 88 valence electrons. The molecule has 0 aliphatic carbocycles. The number of carbonyl (C=O) groups excluding carboxylic acids is 1. The van der Waals surface area contributed by atoms with Crippen LogP contribution in [0.4, 0.5) is 0 Å². The van der Waals surface area contributed by atoms with Crippen LogP contribution < -0.4 is 5.73 Å². The van der Waals surface area contributed by atoms with Gasteiger partial charge in [0.2, 0.25) is 0 Å². The maximum atomic E-state index is 10.9. The number of halogens is 1. The monoisotopic (exact) mass is 259 g/mol. The van der Waals surface area contributed by atoms with Gasteiger partial charge in [0, 0.05) is 17.2 Å².